The lowest BCUT2D eigenvalue weighted by atomic mass is 10.0. The molecule has 0 N–H and O–H groups in total. The molecule has 0 saturated carbocycles. The molecule has 0 radical (unpaired) electrons. The summed E-state index contributed by atoms with van der Waals surface area (Å²) in [5.41, 5.74) is 5.51. The summed E-state index contributed by atoms with van der Waals surface area (Å²) < 4.78 is 1.68. The number of nitrogens with zero attached hydrogens (tertiary/aromatic N) is 4. The van der Waals surface area contributed by atoms with E-state index in [0.29, 0.717) is 16.7 Å². The molecule has 1 aliphatic rings. The van der Waals surface area contributed by atoms with Gasteiger partial charge in [-0.2, -0.15) is 5.10 Å². The van der Waals surface area contributed by atoms with E-state index >= 15 is 0 Å². The van der Waals surface area contributed by atoms with E-state index in [-0.39, 0.29) is 17.7 Å². The summed E-state index contributed by atoms with van der Waals surface area (Å²) >= 11 is 0. The van der Waals surface area contributed by atoms with Crippen molar-refractivity contribution in [3.8, 4) is 16.8 Å². The van der Waals surface area contributed by atoms with Gasteiger partial charge in [0, 0.05) is 23.7 Å². The molecule has 0 aliphatic heterocycles. The first-order chi connectivity index (χ1) is 15.0. The molecule has 3 aromatic carbocycles. The van der Waals surface area contributed by atoms with Crippen LogP contribution in [0.5, 0.6) is 0 Å². The number of ketones is 1. The smallest absolute Gasteiger partial charge is 0.254 e. The zero-order valence-electron chi connectivity index (χ0n) is 17.2. The zero-order valence-corrected chi connectivity index (χ0v) is 17.2. The average molecular weight is 408 g/mol. The van der Waals surface area contributed by atoms with E-state index in [1.165, 1.54) is 6.33 Å². The van der Waals surface area contributed by atoms with Gasteiger partial charge in [0.05, 0.1) is 11.7 Å². The summed E-state index contributed by atoms with van der Waals surface area (Å²) in [7, 11) is 1.78. The van der Waals surface area contributed by atoms with E-state index in [2.05, 4.69) is 10.1 Å². The molecule has 4 aromatic rings. The monoisotopic (exact) mass is 408 g/mol. The molecule has 0 saturated heterocycles. The van der Waals surface area contributed by atoms with Crippen molar-refractivity contribution < 1.29 is 9.59 Å². The summed E-state index contributed by atoms with van der Waals surface area (Å²) in [4.78, 5) is 31.6. The molecule has 1 aromatic heterocycles. The number of rotatable bonds is 4. The van der Waals surface area contributed by atoms with Gasteiger partial charge in [-0.25, -0.2) is 9.67 Å². The van der Waals surface area contributed by atoms with Crippen LogP contribution in [0.15, 0.2) is 79.4 Å². The first-order valence-electron chi connectivity index (χ1n) is 10.0. The van der Waals surface area contributed by atoms with Crippen molar-refractivity contribution in [3.05, 3.63) is 102 Å². The topological polar surface area (TPSA) is 68.1 Å². The van der Waals surface area contributed by atoms with Crippen LogP contribution >= 0.6 is 0 Å². The lowest BCUT2D eigenvalue weighted by Crippen LogP contribution is -2.29. The molecule has 1 aliphatic carbocycles. The van der Waals surface area contributed by atoms with Crippen LogP contribution in [0.2, 0.25) is 0 Å². The molecule has 31 heavy (non-hydrogen) atoms. The van der Waals surface area contributed by atoms with Gasteiger partial charge >= 0.3 is 0 Å². The summed E-state index contributed by atoms with van der Waals surface area (Å²) in [5, 5.41) is 4.13. The largest absolute Gasteiger partial charge is 0.335 e. The Morgan fingerprint density at radius 2 is 1.65 bits per heavy atom. The molecule has 0 bridgehead atoms. The van der Waals surface area contributed by atoms with Crippen LogP contribution in [0.25, 0.3) is 16.8 Å². The minimum Gasteiger partial charge on any atom is -0.335 e. The van der Waals surface area contributed by atoms with Crippen molar-refractivity contribution in [1.29, 1.82) is 0 Å². The second kappa shape index (κ2) is 7.32. The molecule has 1 amide bonds. The van der Waals surface area contributed by atoms with Crippen molar-refractivity contribution >= 4 is 11.7 Å². The molecule has 1 atom stereocenters. The molecule has 5 rings (SSSR count). The summed E-state index contributed by atoms with van der Waals surface area (Å²) in [6, 6.07) is 20.7. The molecule has 1 unspecified atom stereocenters. The van der Waals surface area contributed by atoms with Crippen LogP contribution in [0, 0.1) is 0 Å². The van der Waals surface area contributed by atoms with E-state index in [1.807, 2.05) is 61.5 Å². The Balaban J connectivity index is 1.38. The standard InChI is InChI=1S/C25H20N4O2/c1-16(17-7-10-19(11-8-17)29-15-26-14-27-29)28(2)25(31)18-9-12-21-20-5-3-4-6-22(20)24(30)23(21)13-18/h3-16H,1-2H3. The Morgan fingerprint density at radius 1 is 0.935 bits per heavy atom. The summed E-state index contributed by atoms with van der Waals surface area (Å²) in [5.74, 6) is -0.154. The normalized spacial score (nSPS) is 12.9. The van der Waals surface area contributed by atoms with Crippen LogP contribution in [0.3, 0.4) is 0 Å². The number of carbonyl (C=O) groups is 2. The highest BCUT2D eigenvalue weighted by Gasteiger charge is 2.28. The number of hydrogen-bond acceptors (Lipinski definition) is 4. The van der Waals surface area contributed by atoms with Crippen LogP contribution in [-0.2, 0) is 0 Å². The lowest BCUT2D eigenvalue weighted by Gasteiger charge is -2.26. The molecule has 1 heterocycles. The summed E-state index contributed by atoms with van der Waals surface area (Å²) in [6.45, 7) is 1.98. The van der Waals surface area contributed by atoms with Gasteiger partial charge in [0.25, 0.3) is 5.91 Å². The molecule has 6 nitrogen and oxygen atoms in total. The van der Waals surface area contributed by atoms with Crippen LogP contribution in [0.4, 0.5) is 0 Å². The number of amides is 1. The molecule has 0 fully saturated rings. The van der Waals surface area contributed by atoms with Crippen LogP contribution in [-0.4, -0.2) is 38.4 Å². The molecule has 152 valence electrons. The van der Waals surface area contributed by atoms with Gasteiger partial charge in [0.1, 0.15) is 12.7 Å². The van der Waals surface area contributed by atoms with Gasteiger partial charge in [-0.1, -0.05) is 42.5 Å². The Morgan fingerprint density at radius 3 is 2.35 bits per heavy atom. The Kier molecular flexibility index (Phi) is 4.47. The zero-order chi connectivity index (χ0) is 21.5. The number of hydrogen-bond donors (Lipinski definition) is 0. The average Bonchev–Trinajstić information content (AvgIpc) is 3.45. The van der Waals surface area contributed by atoms with Crippen LogP contribution in [0.1, 0.15) is 44.8 Å². The van der Waals surface area contributed by atoms with Crippen molar-refractivity contribution in [3.63, 3.8) is 0 Å². The highest BCUT2D eigenvalue weighted by atomic mass is 16.2. The molecular formula is C25H20N4O2. The van der Waals surface area contributed by atoms with Gasteiger partial charge < -0.3 is 4.90 Å². The van der Waals surface area contributed by atoms with Gasteiger partial charge in [-0.05, 0) is 47.9 Å². The van der Waals surface area contributed by atoms with E-state index in [9.17, 15) is 9.59 Å². The van der Waals surface area contributed by atoms with Gasteiger partial charge in [-0.3, -0.25) is 9.59 Å². The minimum atomic E-state index is -0.140. The Bertz CT molecular complexity index is 1290. The second-order valence-corrected chi connectivity index (χ2v) is 7.66. The third kappa shape index (κ3) is 3.13. The van der Waals surface area contributed by atoms with E-state index in [0.717, 1.165) is 22.4 Å². The maximum absolute atomic E-state index is 13.2. The predicted molar refractivity (Wildman–Crippen MR) is 117 cm³/mol. The first kappa shape index (κ1) is 18.9. The van der Waals surface area contributed by atoms with E-state index in [1.54, 1.807) is 35.1 Å². The number of carbonyl (C=O) groups excluding carboxylic acids is 2. The summed E-state index contributed by atoms with van der Waals surface area (Å²) in [6.07, 6.45) is 3.13. The predicted octanol–water partition coefficient (Wildman–Crippen LogP) is 4.31. The molecule has 6 heteroatoms. The maximum atomic E-state index is 13.2. The second-order valence-electron chi connectivity index (χ2n) is 7.66. The first-order valence-corrected chi connectivity index (χ1v) is 10.0. The van der Waals surface area contributed by atoms with E-state index in [4.69, 9.17) is 0 Å². The molecular weight excluding hydrogens is 388 g/mol. The highest BCUT2D eigenvalue weighted by molar-refractivity contribution is 6.22. The van der Waals surface area contributed by atoms with Crippen molar-refractivity contribution in [2.45, 2.75) is 13.0 Å². The van der Waals surface area contributed by atoms with Crippen molar-refractivity contribution in [2.24, 2.45) is 0 Å². The third-order valence-electron chi connectivity index (χ3n) is 5.93. The van der Waals surface area contributed by atoms with Crippen LogP contribution < -0.4 is 0 Å². The SMILES string of the molecule is CC(c1ccc(-n2cncn2)cc1)N(C)C(=O)c1ccc2c(c1)C(=O)c1ccccc1-2. The van der Waals surface area contributed by atoms with Gasteiger partial charge in [0.15, 0.2) is 5.78 Å². The van der Waals surface area contributed by atoms with Gasteiger partial charge in [0.2, 0.25) is 0 Å². The Hall–Kier alpha value is -4.06. The fraction of sp³-hybridized carbons (Fsp3) is 0.120. The Labute approximate surface area is 179 Å². The number of aromatic nitrogens is 3. The fourth-order valence-corrected chi connectivity index (χ4v) is 4.01. The quantitative estimate of drug-likeness (QED) is 0.444. The minimum absolute atomic E-state index is 0.0281. The fourth-order valence-electron chi connectivity index (χ4n) is 4.01. The lowest BCUT2D eigenvalue weighted by molar-refractivity contribution is 0.0742. The maximum Gasteiger partial charge on any atom is 0.254 e. The van der Waals surface area contributed by atoms with Crippen molar-refractivity contribution in [2.75, 3.05) is 7.05 Å². The van der Waals surface area contributed by atoms with Gasteiger partial charge in [-0.15, -0.1) is 0 Å². The van der Waals surface area contributed by atoms with Crippen molar-refractivity contribution in [1.82, 2.24) is 19.7 Å². The highest BCUT2D eigenvalue weighted by Crippen LogP contribution is 2.37. The third-order valence-corrected chi connectivity index (χ3v) is 5.93. The number of benzene rings is 3. The molecule has 0 spiro atoms. The van der Waals surface area contributed by atoms with E-state index < -0.39 is 0 Å². The number of fused-ring (bicyclic) bond motifs is 3.